The number of ether oxygens (including phenoxy) is 1. The normalized spacial score (nSPS) is 13.2. The zero-order chi connectivity index (χ0) is 17.4. The van der Waals surface area contributed by atoms with Gasteiger partial charge in [0.15, 0.2) is 0 Å². The Bertz CT molecular complexity index is 817. The second-order valence-electron chi connectivity index (χ2n) is 5.58. The largest absolute Gasteiger partial charge is 0.425 e. The van der Waals surface area contributed by atoms with Gasteiger partial charge in [-0.2, -0.15) is 0 Å². The lowest BCUT2D eigenvalue weighted by Crippen LogP contribution is -2.36. The van der Waals surface area contributed by atoms with Crippen LogP contribution in [0.1, 0.15) is 31.8 Å². The number of benzene rings is 2. The molecule has 1 aliphatic heterocycles. The molecule has 0 radical (unpaired) electrons. The summed E-state index contributed by atoms with van der Waals surface area (Å²) in [6.07, 6.45) is 0. The number of amides is 2. The molecule has 2 amide bonds. The van der Waals surface area contributed by atoms with E-state index in [1.807, 2.05) is 26.0 Å². The first-order chi connectivity index (χ1) is 11.4. The Morgan fingerprint density at radius 1 is 1.04 bits per heavy atom. The van der Waals surface area contributed by atoms with E-state index in [-0.39, 0.29) is 0 Å². The van der Waals surface area contributed by atoms with Gasteiger partial charge >= 0.3 is 5.97 Å². The number of hydrogen-bond acceptors (Lipinski definition) is 4. The number of nitrogens with zero attached hydrogens (tertiary/aromatic N) is 1. The van der Waals surface area contributed by atoms with Gasteiger partial charge < -0.3 is 4.74 Å². The third-order valence-electron chi connectivity index (χ3n) is 3.81. The fourth-order valence-corrected chi connectivity index (χ4v) is 3.40. The summed E-state index contributed by atoms with van der Waals surface area (Å²) in [4.78, 5) is 37.7. The SMILES string of the molecule is Cc1cc(Br)cc(C)c1OC(=O)CN1C(=O)c2ccccc2C1=O. The number of fused-ring (bicyclic) bond motifs is 1. The fourth-order valence-electron chi connectivity index (χ4n) is 2.72. The molecule has 6 heteroatoms. The Balaban J connectivity index is 1.78. The average Bonchev–Trinajstić information content (AvgIpc) is 2.76. The molecule has 0 aliphatic carbocycles. The highest BCUT2D eigenvalue weighted by molar-refractivity contribution is 9.10. The predicted molar refractivity (Wildman–Crippen MR) is 91.1 cm³/mol. The van der Waals surface area contributed by atoms with Crippen molar-refractivity contribution in [1.82, 2.24) is 4.90 Å². The van der Waals surface area contributed by atoms with E-state index in [1.54, 1.807) is 24.3 Å². The summed E-state index contributed by atoms with van der Waals surface area (Å²) in [7, 11) is 0. The molecule has 0 aromatic heterocycles. The first-order valence-corrected chi connectivity index (χ1v) is 8.10. The van der Waals surface area contributed by atoms with Crippen molar-refractivity contribution in [2.24, 2.45) is 0 Å². The maximum Gasteiger partial charge on any atom is 0.331 e. The third kappa shape index (κ3) is 2.85. The molecule has 0 saturated heterocycles. The highest BCUT2D eigenvalue weighted by Gasteiger charge is 2.36. The monoisotopic (exact) mass is 387 g/mol. The van der Waals surface area contributed by atoms with Crippen LogP contribution < -0.4 is 4.74 Å². The highest BCUT2D eigenvalue weighted by Crippen LogP contribution is 2.28. The topological polar surface area (TPSA) is 63.7 Å². The quantitative estimate of drug-likeness (QED) is 0.460. The van der Waals surface area contributed by atoms with Crippen LogP contribution in [0, 0.1) is 13.8 Å². The van der Waals surface area contributed by atoms with Gasteiger partial charge in [-0.3, -0.25) is 14.5 Å². The fraction of sp³-hybridized carbons (Fsp3) is 0.167. The van der Waals surface area contributed by atoms with Crippen LogP contribution in [-0.2, 0) is 4.79 Å². The molecule has 1 heterocycles. The first kappa shape index (κ1) is 16.4. The van der Waals surface area contributed by atoms with Crippen molar-refractivity contribution in [2.45, 2.75) is 13.8 Å². The van der Waals surface area contributed by atoms with Gasteiger partial charge in [0.05, 0.1) is 11.1 Å². The van der Waals surface area contributed by atoms with Crippen molar-refractivity contribution < 1.29 is 19.1 Å². The number of imide groups is 1. The summed E-state index contributed by atoms with van der Waals surface area (Å²) < 4.78 is 6.27. The minimum Gasteiger partial charge on any atom is -0.425 e. The molecule has 5 nitrogen and oxygen atoms in total. The van der Waals surface area contributed by atoms with Gasteiger partial charge in [0.2, 0.25) is 0 Å². The van der Waals surface area contributed by atoms with Crippen LogP contribution in [0.4, 0.5) is 0 Å². The number of esters is 1. The zero-order valence-electron chi connectivity index (χ0n) is 13.1. The number of halogens is 1. The van der Waals surface area contributed by atoms with Crippen molar-refractivity contribution in [3.63, 3.8) is 0 Å². The summed E-state index contributed by atoms with van der Waals surface area (Å²) >= 11 is 3.38. The molecular weight excluding hydrogens is 374 g/mol. The van der Waals surface area contributed by atoms with Crippen LogP contribution in [0.5, 0.6) is 5.75 Å². The van der Waals surface area contributed by atoms with Gasteiger partial charge in [-0.15, -0.1) is 0 Å². The maximum absolute atomic E-state index is 12.3. The molecule has 3 rings (SSSR count). The van der Waals surface area contributed by atoms with E-state index in [9.17, 15) is 14.4 Å². The van der Waals surface area contributed by atoms with E-state index in [2.05, 4.69) is 15.9 Å². The van der Waals surface area contributed by atoms with Crippen LogP contribution in [0.2, 0.25) is 0 Å². The lowest BCUT2D eigenvalue weighted by Gasteiger charge is -2.15. The first-order valence-electron chi connectivity index (χ1n) is 7.31. The van der Waals surface area contributed by atoms with Crippen LogP contribution in [-0.4, -0.2) is 29.2 Å². The van der Waals surface area contributed by atoms with Crippen molar-refractivity contribution >= 4 is 33.7 Å². The summed E-state index contributed by atoms with van der Waals surface area (Å²) in [5.41, 5.74) is 2.20. The van der Waals surface area contributed by atoms with Crippen molar-refractivity contribution in [3.8, 4) is 5.75 Å². The third-order valence-corrected chi connectivity index (χ3v) is 4.26. The van der Waals surface area contributed by atoms with Crippen molar-refractivity contribution in [1.29, 1.82) is 0 Å². The van der Waals surface area contributed by atoms with E-state index in [0.717, 1.165) is 20.5 Å². The Morgan fingerprint density at radius 3 is 2.04 bits per heavy atom. The number of aryl methyl sites for hydroxylation is 2. The Kier molecular flexibility index (Phi) is 4.24. The van der Waals surface area contributed by atoms with Gasteiger partial charge in [-0.05, 0) is 49.2 Å². The molecule has 0 bridgehead atoms. The summed E-state index contributed by atoms with van der Waals surface area (Å²) in [5, 5.41) is 0. The molecule has 2 aromatic carbocycles. The average molecular weight is 388 g/mol. The second kappa shape index (κ2) is 6.20. The van der Waals surface area contributed by atoms with Crippen LogP contribution in [0.15, 0.2) is 40.9 Å². The van der Waals surface area contributed by atoms with E-state index in [1.165, 1.54) is 0 Å². The van der Waals surface area contributed by atoms with Gasteiger partial charge in [0, 0.05) is 4.47 Å². The number of rotatable bonds is 3. The van der Waals surface area contributed by atoms with Gasteiger partial charge in [0.25, 0.3) is 11.8 Å². The Labute approximate surface area is 147 Å². The Morgan fingerprint density at radius 2 is 1.54 bits per heavy atom. The van der Waals surface area contributed by atoms with Gasteiger partial charge in [0.1, 0.15) is 12.3 Å². The molecule has 0 spiro atoms. The van der Waals surface area contributed by atoms with Gasteiger partial charge in [-0.25, -0.2) is 4.79 Å². The standard InChI is InChI=1S/C18H14BrNO4/c1-10-7-12(19)8-11(2)16(10)24-15(21)9-20-17(22)13-5-3-4-6-14(13)18(20)23/h3-8H,9H2,1-2H3. The molecule has 2 aromatic rings. The Hall–Kier alpha value is -2.47. The van der Waals surface area contributed by atoms with E-state index < -0.39 is 24.3 Å². The minimum atomic E-state index is -0.655. The summed E-state index contributed by atoms with van der Waals surface area (Å²) in [6.45, 7) is 3.23. The number of hydrogen-bond donors (Lipinski definition) is 0. The van der Waals surface area contributed by atoms with Crippen LogP contribution in [0.3, 0.4) is 0 Å². The zero-order valence-corrected chi connectivity index (χ0v) is 14.7. The molecule has 0 unspecified atom stereocenters. The molecule has 0 fully saturated rings. The lowest BCUT2D eigenvalue weighted by atomic mass is 10.1. The molecule has 122 valence electrons. The maximum atomic E-state index is 12.3. The number of carbonyl (C=O) groups excluding carboxylic acids is 3. The van der Waals surface area contributed by atoms with Crippen LogP contribution >= 0.6 is 15.9 Å². The summed E-state index contributed by atoms with van der Waals surface area (Å²) in [5.74, 6) is -1.16. The smallest absolute Gasteiger partial charge is 0.331 e. The predicted octanol–water partition coefficient (Wildman–Crippen LogP) is 3.27. The van der Waals surface area contributed by atoms with Crippen molar-refractivity contribution in [3.05, 3.63) is 63.1 Å². The van der Waals surface area contributed by atoms with Crippen molar-refractivity contribution in [2.75, 3.05) is 6.54 Å². The molecule has 1 aliphatic rings. The second-order valence-corrected chi connectivity index (χ2v) is 6.50. The van der Waals surface area contributed by atoms with Crippen LogP contribution in [0.25, 0.3) is 0 Å². The molecule has 0 atom stereocenters. The molecule has 0 saturated carbocycles. The van der Waals surface area contributed by atoms with E-state index in [0.29, 0.717) is 16.9 Å². The van der Waals surface area contributed by atoms with Gasteiger partial charge in [-0.1, -0.05) is 28.1 Å². The van der Waals surface area contributed by atoms with E-state index >= 15 is 0 Å². The highest BCUT2D eigenvalue weighted by atomic mass is 79.9. The molecule has 0 N–H and O–H groups in total. The molecular formula is C18H14BrNO4. The minimum absolute atomic E-state index is 0.311. The summed E-state index contributed by atoms with van der Waals surface area (Å²) in [6, 6.07) is 10.2. The molecule has 24 heavy (non-hydrogen) atoms. The number of carbonyl (C=O) groups is 3. The lowest BCUT2D eigenvalue weighted by molar-refractivity contribution is -0.134. The van der Waals surface area contributed by atoms with E-state index in [4.69, 9.17) is 4.74 Å².